The van der Waals surface area contributed by atoms with E-state index in [1.54, 1.807) is 44.2 Å². The third-order valence-corrected chi connectivity index (χ3v) is 6.41. The molecule has 0 fully saturated rings. The van der Waals surface area contributed by atoms with Gasteiger partial charge in [-0.1, -0.05) is 11.6 Å². The van der Waals surface area contributed by atoms with Gasteiger partial charge in [0.05, 0.1) is 17.2 Å². The Balaban J connectivity index is 2.51. The molecule has 0 atom stereocenters. The van der Waals surface area contributed by atoms with Crippen LogP contribution in [-0.4, -0.2) is 33.8 Å². The lowest BCUT2D eigenvalue weighted by Crippen LogP contribution is -2.37. The monoisotopic (exact) mass is 413 g/mol. The second-order valence-electron chi connectivity index (χ2n) is 5.42. The quantitative estimate of drug-likeness (QED) is 0.504. The van der Waals surface area contributed by atoms with E-state index < -0.39 is 22.5 Å². The SMILES string of the molecule is CCOC(=O)CN(c1ccc(Cl)cc1C)S(=O)(=O)c1ccc(SC)cc1. The Labute approximate surface area is 163 Å². The smallest absolute Gasteiger partial charge is 0.326 e. The van der Waals surface area contributed by atoms with Crippen molar-refractivity contribution in [1.29, 1.82) is 0 Å². The molecule has 0 aliphatic heterocycles. The number of carbonyl (C=O) groups excluding carboxylic acids is 1. The summed E-state index contributed by atoms with van der Waals surface area (Å²) < 4.78 is 32.4. The molecule has 0 saturated carbocycles. The van der Waals surface area contributed by atoms with E-state index in [1.807, 2.05) is 6.26 Å². The van der Waals surface area contributed by atoms with Crippen molar-refractivity contribution in [2.45, 2.75) is 23.6 Å². The molecule has 0 saturated heterocycles. The van der Waals surface area contributed by atoms with Gasteiger partial charge in [-0.3, -0.25) is 9.10 Å². The molecule has 0 amide bonds. The summed E-state index contributed by atoms with van der Waals surface area (Å²) in [6.07, 6.45) is 1.91. The predicted octanol–water partition coefficient (Wildman–Crippen LogP) is 4.13. The van der Waals surface area contributed by atoms with Crippen LogP contribution in [0.5, 0.6) is 0 Å². The molecule has 0 aromatic heterocycles. The molecule has 5 nitrogen and oxygen atoms in total. The second-order valence-corrected chi connectivity index (χ2v) is 8.60. The Kier molecular flexibility index (Phi) is 6.97. The molecule has 140 valence electrons. The topological polar surface area (TPSA) is 63.7 Å². The van der Waals surface area contributed by atoms with Gasteiger partial charge in [-0.25, -0.2) is 8.42 Å². The summed E-state index contributed by atoms with van der Waals surface area (Å²) in [5, 5.41) is 0.490. The van der Waals surface area contributed by atoms with Gasteiger partial charge in [-0.05, 0) is 68.1 Å². The highest BCUT2D eigenvalue weighted by Crippen LogP contribution is 2.29. The molecule has 0 N–H and O–H groups in total. The number of carbonyl (C=O) groups is 1. The summed E-state index contributed by atoms with van der Waals surface area (Å²) >= 11 is 7.50. The van der Waals surface area contributed by atoms with E-state index in [1.165, 1.54) is 23.9 Å². The van der Waals surface area contributed by atoms with E-state index in [0.29, 0.717) is 16.3 Å². The lowest BCUT2D eigenvalue weighted by Gasteiger charge is -2.25. The number of hydrogen-bond acceptors (Lipinski definition) is 5. The number of benzene rings is 2. The van der Waals surface area contributed by atoms with Crippen LogP contribution in [-0.2, 0) is 19.6 Å². The van der Waals surface area contributed by atoms with Crippen LogP contribution in [0.3, 0.4) is 0 Å². The average Bonchev–Trinajstić information content (AvgIpc) is 2.60. The maximum atomic E-state index is 13.2. The fraction of sp³-hybridized carbons (Fsp3) is 0.278. The molecule has 0 heterocycles. The number of rotatable bonds is 7. The summed E-state index contributed by atoms with van der Waals surface area (Å²) in [7, 11) is -3.95. The molecular weight excluding hydrogens is 394 g/mol. The van der Waals surface area contributed by atoms with Gasteiger partial charge < -0.3 is 4.74 Å². The van der Waals surface area contributed by atoms with Crippen molar-refractivity contribution in [3.05, 3.63) is 53.1 Å². The highest BCUT2D eigenvalue weighted by Gasteiger charge is 2.28. The third-order valence-electron chi connectivity index (χ3n) is 3.65. The maximum absolute atomic E-state index is 13.2. The van der Waals surface area contributed by atoms with Crippen molar-refractivity contribution < 1.29 is 17.9 Å². The number of ether oxygens (including phenoxy) is 1. The maximum Gasteiger partial charge on any atom is 0.326 e. The molecule has 2 aromatic carbocycles. The van der Waals surface area contributed by atoms with Gasteiger partial charge in [0.25, 0.3) is 10.0 Å². The van der Waals surface area contributed by atoms with Crippen LogP contribution in [0.1, 0.15) is 12.5 Å². The van der Waals surface area contributed by atoms with Crippen LogP contribution in [0, 0.1) is 6.92 Å². The first-order valence-electron chi connectivity index (χ1n) is 7.88. The Morgan fingerprint density at radius 1 is 1.19 bits per heavy atom. The molecule has 0 radical (unpaired) electrons. The lowest BCUT2D eigenvalue weighted by molar-refractivity contribution is -0.141. The molecule has 0 aliphatic carbocycles. The van der Waals surface area contributed by atoms with Crippen molar-refractivity contribution >= 4 is 45.0 Å². The lowest BCUT2D eigenvalue weighted by atomic mass is 10.2. The number of halogens is 1. The number of thioether (sulfide) groups is 1. The number of esters is 1. The average molecular weight is 414 g/mol. The minimum Gasteiger partial charge on any atom is -0.465 e. The van der Waals surface area contributed by atoms with Crippen molar-refractivity contribution in [3.63, 3.8) is 0 Å². The van der Waals surface area contributed by atoms with Crippen LogP contribution < -0.4 is 4.31 Å². The Bertz CT molecular complexity index is 883. The number of aryl methyl sites for hydroxylation is 1. The minimum absolute atomic E-state index is 0.106. The summed E-state index contributed by atoms with van der Waals surface area (Å²) in [6.45, 7) is 3.18. The molecule has 0 spiro atoms. The van der Waals surface area contributed by atoms with Crippen LogP contribution in [0.15, 0.2) is 52.3 Å². The first-order valence-corrected chi connectivity index (χ1v) is 10.9. The van der Waals surface area contributed by atoms with Crippen molar-refractivity contribution in [3.8, 4) is 0 Å². The summed E-state index contributed by atoms with van der Waals surface area (Å²) in [5.74, 6) is -0.619. The molecular formula is C18H20ClNO4S2. The fourth-order valence-corrected chi connectivity index (χ4v) is 4.51. The largest absolute Gasteiger partial charge is 0.465 e. The first-order chi connectivity index (χ1) is 12.3. The van der Waals surface area contributed by atoms with Gasteiger partial charge in [-0.15, -0.1) is 11.8 Å². The van der Waals surface area contributed by atoms with E-state index in [0.717, 1.165) is 9.20 Å². The summed E-state index contributed by atoms with van der Waals surface area (Å²) in [4.78, 5) is 13.1. The van der Waals surface area contributed by atoms with Gasteiger partial charge in [0.1, 0.15) is 6.54 Å². The van der Waals surface area contributed by atoms with Crippen LogP contribution >= 0.6 is 23.4 Å². The van der Waals surface area contributed by atoms with E-state index in [2.05, 4.69) is 0 Å². The van der Waals surface area contributed by atoms with Crippen molar-refractivity contribution in [2.24, 2.45) is 0 Å². The highest BCUT2D eigenvalue weighted by molar-refractivity contribution is 7.98. The van der Waals surface area contributed by atoms with Gasteiger partial charge in [-0.2, -0.15) is 0 Å². The van der Waals surface area contributed by atoms with Crippen LogP contribution in [0.4, 0.5) is 5.69 Å². The summed E-state index contributed by atoms with van der Waals surface area (Å²) in [5.41, 5.74) is 1.03. The Morgan fingerprint density at radius 3 is 2.38 bits per heavy atom. The number of anilines is 1. The van der Waals surface area contributed by atoms with Gasteiger partial charge in [0.15, 0.2) is 0 Å². The minimum atomic E-state index is -3.95. The van der Waals surface area contributed by atoms with Crippen LogP contribution in [0.25, 0.3) is 0 Å². The highest BCUT2D eigenvalue weighted by atomic mass is 35.5. The first kappa shape index (κ1) is 20.6. The number of hydrogen-bond donors (Lipinski definition) is 0. The molecule has 2 rings (SSSR count). The summed E-state index contributed by atoms with van der Waals surface area (Å²) in [6, 6.07) is 11.4. The van der Waals surface area contributed by atoms with E-state index in [9.17, 15) is 13.2 Å². The van der Waals surface area contributed by atoms with Gasteiger partial charge >= 0.3 is 5.97 Å². The molecule has 0 unspecified atom stereocenters. The zero-order valence-electron chi connectivity index (χ0n) is 14.7. The fourth-order valence-electron chi connectivity index (χ4n) is 2.40. The van der Waals surface area contributed by atoms with E-state index >= 15 is 0 Å². The van der Waals surface area contributed by atoms with Gasteiger partial charge in [0, 0.05) is 9.92 Å². The van der Waals surface area contributed by atoms with E-state index in [4.69, 9.17) is 16.3 Å². The number of sulfonamides is 1. The zero-order chi connectivity index (χ0) is 19.3. The Hall–Kier alpha value is -1.70. The second kappa shape index (κ2) is 8.79. The third kappa shape index (κ3) is 4.72. The van der Waals surface area contributed by atoms with E-state index in [-0.39, 0.29) is 11.5 Å². The molecule has 26 heavy (non-hydrogen) atoms. The van der Waals surface area contributed by atoms with Crippen molar-refractivity contribution in [1.82, 2.24) is 0 Å². The molecule has 2 aromatic rings. The molecule has 8 heteroatoms. The van der Waals surface area contributed by atoms with Gasteiger partial charge in [0.2, 0.25) is 0 Å². The van der Waals surface area contributed by atoms with Crippen LogP contribution in [0.2, 0.25) is 5.02 Å². The van der Waals surface area contributed by atoms with Crippen molar-refractivity contribution in [2.75, 3.05) is 23.7 Å². The number of nitrogens with zero attached hydrogens (tertiary/aromatic N) is 1. The standard InChI is InChI=1S/C18H20ClNO4S2/c1-4-24-18(21)12-20(17-10-5-14(19)11-13(17)2)26(22,23)16-8-6-15(25-3)7-9-16/h5-11H,4,12H2,1-3H3. The Morgan fingerprint density at radius 2 is 1.85 bits per heavy atom. The normalized spacial score (nSPS) is 11.2. The predicted molar refractivity (Wildman–Crippen MR) is 106 cm³/mol. The molecule has 0 aliphatic rings. The molecule has 0 bridgehead atoms. The zero-order valence-corrected chi connectivity index (χ0v) is 17.1.